The highest BCUT2D eigenvalue weighted by molar-refractivity contribution is 5.85. The molecule has 2 heterocycles. The minimum Gasteiger partial charge on any atom is -0.487 e. The van der Waals surface area contributed by atoms with Crippen LogP contribution < -0.4 is 4.74 Å². The molecule has 0 radical (unpaired) electrons. The van der Waals surface area contributed by atoms with Crippen LogP contribution in [0.5, 0.6) is 5.75 Å². The molecule has 5 aromatic rings. The third-order valence-electron chi connectivity index (χ3n) is 5.54. The second-order valence-corrected chi connectivity index (χ2v) is 7.80. The van der Waals surface area contributed by atoms with E-state index < -0.39 is 5.97 Å². The Kier molecular flexibility index (Phi) is 5.30. The van der Waals surface area contributed by atoms with Gasteiger partial charge in [0.1, 0.15) is 18.9 Å². The summed E-state index contributed by atoms with van der Waals surface area (Å²) in [7, 11) is 0. The lowest BCUT2D eigenvalue weighted by Crippen LogP contribution is -2.07. The number of carbonyl (C=O) groups is 1. The van der Waals surface area contributed by atoms with Crippen LogP contribution in [-0.4, -0.2) is 20.6 Å². The highest BCUT2D eigenvalue weighted by Crippen LogP contribution is 2.25. The molecule has 0 saturated carbocycles. The SMILES string of the molecule is O=C(O)Cn1cc(Cc2ccc(OCc3ccc4ccccc4n3)cc2)c2ccccc21. The Labute approximate surface area is 185 Å². The number of aromatic nitrogens is 2. The van der Waals surface area contributed by atoms with Gasteiger partial charge in [-0.05, 0) is 47.9 Å². The van der Waals surface area contributed by atoms with Gasteiger partial charge in [0.05, 0.1) is 11.2 Å². The van der Waals surface area contributed by atoms with Crippen molar-refractivity contribution in [3.05, 3.63) is 108 Å². The van der Waals surface area contributed by atoms with Gasteiger partial charge in [0.25, 0.3) is 0 Å². The number of para-hydroxylation sites is 2. The quantitative estimate of drug-likeness (QED) is 0.379. The van der Waals surface area contributed by atoms with Crippen LogP contribution >= 0.6 is 0 Å². The molecule has 0 aliphatic carbocycles. The lowest BCUT2D eigenvalue weighted by atomic mass is 10.0. The minimum absolute atomic E-state index is 0.0455. The molecule has 0 fully saturated rings. The van der Waals surface area contributed by atoms with Crippen molar-refractivity contribution in [2.75, 3.05) is 0 Å². The van der Waals surface area contributed by atoms with Crippen LogP contribution in [0, 0.1) is 0 Å². The van der Waals surface area contributed by atoms with Crippen LogP contribution in [0.15, 0.2) is 91.1 Å². The minimum atomic E-state index is -0.847. The smallest absolute Gasteiger partial charge is 0.323 e. The van der Waals surface area contributed by atoms with Crippen molar-refractivity contribution in [2.24, 2.45) is 0 Å². The maximum atomic E-state index is 11.2. The molecule has 1 N–H and O–H groups in total. The molecule has 0 aliphatic heterocycles. The first kappa shape index (κ1) is 19.8. The molecule has 3 aromatic carbocycles. The molecule has 0 atom stereocenters. The average molecular weight is 422 g/mol. The van der Waals surface area contributed by atoms with Gasteiger partial charge in [-0.25, -0.2) is 4.98 Å². The van der Waals surface area contributed by atoms with E-state index in [0.717, 1.165) is 50.8 Å². The van der Waals surface area contributed by atoms with Gasteiger partial charge < -0.3 is 14.4 Å². The average Bonchev–Trinajstić information content (AvgIpc) is 3.15. The first-order chi connectivity index (χ1) is 15.7. The summed E-state index contributed by atoms with van der Waals surface area (Å²) >= 11 is 0. The van der Waals surface area contributed by atoms with E-state index in [4.69, 9.17) is 4.74 Å². The van der Waals surface area contributed by atoms with Gasteiger partial charge in [0, 0.05) is 22.5 Å². The number of hydrogen-bond acceptors (Lipinski definition) is 3. The predicted molar refractivity (Wildman–Crippen MR) is 125 cm³/mol. The van der Waals surface area contributed by atoms with Crippen LogP contribution in [0.25, 0.3) is 21.8 Å². The second-order valence-electron chi connectivity index (χ2n) is 7.80. The van der Waals surface area contributed by atoms with Gasteiger partial charge in [0.15, 0.2) is 0 Å². The number of carboxylic acid groups (broad SMARTS) is 1. The van der Waals surface area contributed by atoms with E-state index in [1.54, 1.807) is 4.57 Å². The summed E-state index contributed by atoms with van der Waals surface area (Å²) in [6, 6.07) is 28.0. The number of rotatable bonds is 7. The molecule has 32 heavy (non-hydrogen) atoms. The van der Waals surface area contributed by atoms with Crippen LogP contribution in [0.3, 0.4) is 0 Å². The summed E-state index contributed by atoms with van der Waals surface area (Å²) in [6.45, 7) is 0.364. The van der Waals surface area contributed by atoms with Gasteiger partial charge in [-0.1, -0.05) is 54.6 Å². The number of hydrogen-bond donors (Lipinski definition) is 1. The van der Waals surface area contributed by atoms with Gasteiger partial charge in [-0.3, -0.25) is 4.79 Å². The van der Waals surface area contributed by atoms with Crippen molar-refractivity contribution in [2.45, 2.75) is 19.6 Å². The first-order valence-electron chi connectivity index (χ1n) is 10.5. The van der Waals surface area contributed by atoms with Crippen molar-refractivity contribution in [3.63, 3.8) is 0 Å². The van der Waals surface area contributed by atoms with E-state index >= 15 is 0 Å². The monoisotopic (exact) mass is 422 g/mol. The number of nitrogens with zero attached hydrogens (tertiary/aromatic N) is 2. The van der Waals surface area contributed by atoms with Gasteiger partial charge in [0.2, 0.25) is 0 Å². The summed E-state index contributed by atoms with van der Waals surface area (Å²) in [4.78, 5) is 15.9. The maximum Gasteiger partial charge on any atom is 0.323 e. The van der Waals surface area contributed by atoms with E-state index in [-0.39, 0.29) is 6.54 Å². The van der Waals surface area contributed by atoms with Crippen LogP contribution in [-0.2, 0) is 24.4 Å². The molecular formula is C27H22N2O3. The number of aliphatic carboxylic acids is 1. The third kappa shape index (κ3) is 4.18. The molecule has 5 rings (SSSR count). The molecule has 0 aliphatic rings. The van der Waals surface area contributed by atoms with E-state index in [1.165, 1.54) is 0 Å². The molecule has 0 spiro atoms. The van der Waals surface area contributed by atoms with Crippen LogP contribution in [0.2, 0.25) is 0 Å². The summed E-state index contributed by atoms with van der Waals surface area (Å²) in [5.74, 6) is -0.0586. The zero-order valence-corrected chi connectivity index (χ0v) is 17.4. The standard InChI is InChI=1S/C27H22N2O3/c30-27(31)17-29-16-21(24-6-2-4-8-26(24)29)15-19-9-13-23(14-10-19)32-18-22-12-11-20-5-1-3-7-25(20)28-22/h1-14,16H,15,17-18H2,(H,30,31). The molecule has 0 amide bonds. The largest absolute Gasteiger partial charge is 0.487 e. The first-order valence-corrected chi connectivity index (χ1v) is 10.5. The molecule has 5 nitrogen and oxygen atoms in total. The van der Waals surface area contributed by atoms with Crippen LogP contribution in [0.1, 0.15) is 16.8 Å². The Balaban J connectivity index is 1.29. The molecule has 5 heteroatoms. The van der Waals surface area contributed by atoms with Gasteiger partial charge in [-0.15, -0.1) is 0 Å². The second kappa shape index (κ2) is 8.55. The maximum absolute atomic E-state index is 11.2. The van der Waals surface area contributed by atoms with E-state index in [9.17, 15) is 9.90 Å². The molecule has 0 bridgehead atoms. The summed E-state index contributed by atoms with van der Waals surface area (Å²) in [5.41, 5.74) is 5.04. The van der Waals surface area contributed by atoms with E-state index in [0.29, 0.717) is 6.61 Å². The molecule has 158 valence electrons. The Morgan fingerprint density at radius 1 is 0.906 bits per heavy atom. The number of ether oxygens (including phenoxy) is 1. The Hall–Kier alpha value is -4.12. The lowest BCUT2D eigenvalue weighted by molar-refractivity contribution is -0.137. The fourth-order valence-corrected chi connectivity index (χ4v) is 4.01. The predicted octanol–water partition coefficient (Wildman–Crippen LogP) is 5.44. The van der Waals surface area contributed by atoms with Crippen LogP contribution in [0.4, 0.5) is 0 Å². The number of carboxylic acids is 1. The zero-order valence-electron chi connectivity index (χ0n) is 17.4. The fourth-order valence-electron chi connectivity index (χ4n) is 4.01. The molecular weight excluding hydrogens is 400 g/mol. The molecule has 0 unspecified atom stereocenters. The molecule has 2 aromatic heterocycles. The summed E-state index contributed by atoms with van der Waals surface area (Å²) in [5, 5.41) is 11.4. The van der Waals surface area contributed by atoms with Gasteiger partial charge in [-0.2, -0.15) is 0 Å². The fraction of sp³-hybridized carbons (Fsp3) is 0.111. The van der Waals surface area contributed by atoms with Crippen molar-refractivity contribution in [1.29, 1.82) is 0 Å². The number of pyridine rings is 1. The Bertz CT molecular complexity index is 1400. The lowest BCUT2D eigenvalue weighted by Gasteiger charge is -2.08. The van der Waals surface area contributed by atoms with E-state index in [1.807, 2.05) is 85.1 Å². The van der Waals surface area contributed by atoms with Gasteiger partial charge >= 0.3 is 5.97 Å². The number of fused-ring (bicyclic) bond motifs is 2. The molecule has 0 saturated heterocycles. The third-order valence-corrected chi connectivity index (χ3v) is 5.54. The van der Waals surface area contributed by atoms with Crippen molar-refractivity contribution < 1.29 is 14.6 Å². The summed E-state index contributed by atoms with van der Waals surface area (Å²) < 4.78 is 7.73. The Morgan fingerprint density at radius 2 is 1.69 bits per heavy atom. The Morgan fingerprint density at radius 3 is 2.53 bits per heavy atom. The summed E-state index contributed by atoms with van der Waals surface area (Å²) in [6.07, 6.45) is 2.66. The normalized spacial score (nSPS) is 11.1. The van der Waals surface area contributed by atoms with Crippen molar-refractivity contribution >= 4 is 27.8 Å². The number of benzene rings is 3. The highest BCUT2D eigenvalue weighted by atomic mass is 16.5. The van der Waals surface area contributed by atoms with Crippen molar-refractivity contribution in [1.82, 2.24) is 9.55 Å². The highest BCUT2D eigenvalue weighted by Gasteiger charge is 2.11. The zero-order chi connectivity index (χ0) is 21.9. The van der Waals surface area contributed by atoms with E-state index in [2.05, 4.69) is 11.1 Å². The topological polar surface area (TPSA) is 64.3 Å². The van der Waals surface area contributed by atoms with Crippen molar-refractivity contribution in [3.8, 4) is 5.75 Å².